The maximum absolute atomic E-state index is 10.9. The number of aromatic carboxylic acids is 1. The molecule has 0 aliphatic carbocycles. The van der Waals surface area contributed by atoms with Crippen molar-refractivity contribution in [3.05, 3.63) is 29.8 Å². The van der Waals surface area contributed by atoms with E-state index < -0.39 is 14.7 Å². The molecule has 6 heteroatoms. The van der Waals surface area contributed by atoms with E-state index in [1.807, 2.05) is 0 Å². The zero-order chi connectivity index (χ0) is 10.1. The lowest BCUT2D eigenvalue weighted by Crippen LogP contribution is -2.06. The number of carbonyl (C=O) groups is 1. The first-order valence-electron chi connectivity index (χ1n) is 3.21. The zero-order valence-electron chi connectivity index (χ0n) is 6.30. The van der Waals surface area contributed by atoms with Crippen molar-refractivity contribution in [2.24, 2.45) is 0 Å². The number of benzene rings is 1. The van der Waals surface area contributed by atoms with Gasteiger partial charge in [-0.05, 0) is 32.1 Å². The molecule has 1 unspecified atom stereocenters. The van der Waals surface area contributed by atoms with Crippen LogP contribution in [0, 0.1) is 0 Å². The second-order valence-electron chi connectivity index (χ2n) is 2.26. The SMILES string of the molecule is O=C(O)c1ccccc1S(=O)([O-])=S. The van der Waals surface area contributed by atoms with Gasteiger partial charge in [0.25, 0.3) is 0 Å². The molecule has 1 rings (SSSR count). The van der Waals surface area contributed by atoms with Crippen LogP contribution in [0.2, 0.25) is 0 Å². The van der Waals surface area contributed by atoms with Crippen LogP contribution in [0.1, 0.15) is 10.4 Å². The summed E-state index contributed by atoms with van der Waals surface area (Å²) in [5, 5.41) is 8.62. The van der Waals surface area contributed by atoms with Crippen molar-refractivity contribution in [3.8, 4) is 0 Å². The Morgan fingerprint density at radius 2 is 2.00 bits per heavy atom. The molecule has 0 fully saturated rings. The summed E-state index contributed by atoms with van der Waals surface area (Å²) in [4.78, 5) is 10.2. The summed E-state index contributed by atoms with van der Waals surface area (Å²) in [6.07, 6.45) is 0. The van der Waals surface area contributed by atoms with E-state index in [2.05, 4.69) is 11.2 Å². The van der Waals surface area contributed by atoms with Crippen molar-refractivity contribution < 1.29 is 18.7 Å². The molecule has 0 amide bonds. The maximum Gasteiger partial charge on any atom is 0.336 e. The van der Waals surface area contributed by atoms with Gasteiger partial charge in [-0.1, -0.05) is 12.1 Å². The Labute approximate surface area is 79.7 Å². The molecule has 0 aliphatic rings. The predicted molar refractivity (Wildman–Crippen MR) is 48.0 cm³/mol. The van der Waals surface area contributed by atoms with E-state index in [9.17, 15) is 13.6 Å². The maximum atomic E-state index is 10.9. The minimum atomic E-state index is -3.88. The molecular formula is C7H5O4S2-. The lowest BCUT2D eigenvalue weighted by molar-refractivity contribution is 0.0692. The Bertz CT molecular complexity index is 436. The molecule has 1 atom stereocenters. The van der Waals surface area contributed by atoms with E-state index in [0.717, 1.165) is 0 Å². The molecule has 0 aliphatic heterocycles. The Morgan fingerprint density at radius 3 is 2.38 bits per heavy atom. The molecular weight excluding hydrogens is 212 g/mol. The average molecular weight is 217 g/mol. The van der Waals surface area contributed by atoms with Gasteiger partial charge in [0.2, 0.25) is 0 Å². The normalized spacial score (nSPS) is 14.8. The quantitative estimate of drug-likeness (QED) is 0.785. The lowest BCUT2D eigenvalue weighted by atomic mass is 10.2. The molecule has 0 heterocycles. The molecule has 0 spiro atoms. The molecule has 70 valence electrons. The number of hydrogen-bond donors (Lipinski definition) is 1. The molecule has 0 bridgehead atoms. The highest BCUT2D eigenvalue weighted by molar-refractivity contribution is 8.29. The largest absolute Gasteiger partial charge is 0.766 e. The molecule has 0 saturated carbocycles. The Morgan fingerprint density at radius 1 is 1.46 bits per heavy atom. The number of hydrogen-bond acceptors (Lipinski definition) is 4. The van der Waals surface area contributed by atoms with Crippen LogP contribution in [-0.4, -0.2) is 19.8 Å². The van der Waals surface area contributed by atoms with Crippen LogP contribution in [0.5, 0.6) is 0 Å². The summed E-state index contributed by atoms with van der Waals surface area (Å²) in [5.74, 6) is -1.30. The third-order valence-electron chi connectivity index (χ3n) is 1.39. The van der Waals surface area contributed by atoms with E-state index in [-0.39, 0.29) is 10.5 Å². The summed E-state index contributed by atoms with van der Waals surface area (Å²) in [6.45, 7) is 0. The first-order chi connectivity index (χ1) is 5.93. The van der Waals surface area contributed by atoms with Gasteiger partial charge in [0.15, 0.2) is 0 Å². The topological polar surface area (TPSA) is 77.4 Å². The van der Waals surface area contributed by atoms with Gasteiger partial charge in [-0.2, -0.15) is 0 Å². The monoisotopic (exact) mass is 217 g/mol. The summed E-state index contributed by atoms with van der Waals surface area (Å²) < 4.78 is 21.8. The molecule has 0 saturated heterocycles. The minimum Gasteiger partial charge on any atom is -0.766 e. The van der Waals surface area contributed by atoms with Gasteiger partial charge >= 0.3 is 5.97 Å². The first kappa shape index (κ1) is 10.1. The fourth-order valence-corrected chi connectivity index (χ4v) is 1.97. The van der Waals surface area contributed by atoms with Crippen LogP contribution in [0.3, 0.4) is 0 Å². The summed E-state index contributed by atoms with van der Waals surface area (Å²) in [5.41, 5.74) is -0.294. The molecule has 1 aromatic rings. The van der Waals surface area contributed by atoms with Crippen molar-refractivity contribution in [1.29, 1.82) is 0 Å². The predicted octanol–water partition coefficient (Wildman–Crippen LogP) is 0.620. The van der Waals surface area contributed by atoms with Crippen molar-refractivity contribution in [2.45, 2.75) is 4.90 Å². The van der Waals surface area contributed by atoms with Crippen LogP contribution in [0.25, 0.3) is 0 Å². The van der Waals surface area contributed by atoms with E-state index in [4.69, 9.17) is 5.11 Å². The van der Waals surface area contributed by atoms with Crippen LogP contribution >= 0.6 is 0 Å². The number of carboxylic acids is 1. The van der Waals surface area contributed by atoms with Crippen molar-refractivity contribution in [1.82, 2.24) is 0 Å². The number of rotatable bonds is 2. The van der Waals surface area contributed by atoms with Crippen molar-refractivity contribution >= 4 is 25.9 Å². The Balaban J connectivity index is 3.46. The molecule has 4 nitrogen and oxygen atoms in total. The van der Waals surface area contributed by atoms with Gasteiger partial charge in [0.05, 0.1) is 5.56 Å². The van der Waals surface area contributed by atoms with E-state index >= 15 is 0 Å². The van der Waals surface area contributed by atoms with Crippen molar-refractivity contribution in [2.75, 3.05) is 0 Å². The third-order valence-corrected chi connectivity index (χ3v) is 2.82. The second kappa shape index (κ2) is 3.41. The highest BCUT2D eigenvalue weighted by Crippen LogP contribution is 2.14. The van der Waals surface area contributed by atoms with Gasteiger partial charge < -0.3 is 9.66 Å². The van der Waals surface area contributed by atoms with E-state index in [0.29, 0.717) is 0 Å². The van der Waals surface area contributed by atoms with Crippen molar-refractivity contribution in [3.63, 3.8) is 0 Å². The fourth-order valence-electron chi connectivity index (χ4n) is 0.861. The summed E-state index contributed by atoms with van der Waals surface area (Å²) in [6, 6.07) is 5.23. The zero-order valence-corrected chi connectivity index (χ0v) is 7.93. The molecule has 13 heavy (non-hydrogen) atoms. The molecule has 1 aromatic carbocycles. The average Bonchev–Trinajstić information content (AvgIpc) is 2.03. The molecule has 0 aromatic heterocycles. The second-order valence-corrected chi connectivity index (χ2v) is 4.92. The van der Waals surface area contributed by atoms with E-state index in [1.54, 1.807) is 0 Å². The van der Waals surface area contributed by atoms with E-state index in [1.165, 1.54) is 24.3 Å². The fraction of sp³-hybridized carbons (Fsp3) is 0. The summed E-state index contributed by atoms with van der Waals surface area (Å²) >= 11 is 4.17. The van der Waals surface area contributed by atoms with Gasteiger partial charge in [-0.15, -0.1) is 0 Å². The Kier molecular flexibility index (Phi) is 2.65. The van der Waals surface area contributed by atoms with Crippen LogP contribution < -0.4 is 0 Å². The lowest BCUT2D eigenvalue weighted by Gasteiger charge is -2.12. The standard InChI is InChI=1S/C7H6O4S2/c8-7(9)5-3-1-2-4-6(5)13(10,11)12/h1-4H,(H,8,9)(H,10,11,12)/p-1. The highest BCUT2D eigenvalue weighted by Gasteiger charge is 2.10. The number of carboxylic acid groups (broad SMARTS) is 1. The Hall–Kier alpha value is -0.980. The van der Waals surface area contributed by atoms with Gasteiger partial charge in [0, 0.05) is 4.90 Å². The summed E-state index contributed by atoms with van der Waals surface area (Å²) in [7, 11) is -3.88. The molecule has 1 N–H and O–H groups in total. The minimum absolute atomic E-state index is 0.294. The van der Waals surface area contributed by atoms with Crippen LogP contribution in [-0.2, 0) is 20.0 Å². The highest BCUT2D eigenvalue weighted by atomic mass is 32.8. The molecule has 0 radical (unpaired) electrons. The van der Waals surface area contributed by atoms with Crippen LogP contribution in [0.15, 0.2) is 29.2 Å². The third kappa shape index (κ3) is 2.24. The van der Waals surface area contributed by atoms with Gasteiger partial charge in [-0.25, -0.2) is 4.79 Å². The smallest absolute Gasteiger partial charge is 0.336 e. The first-order valence-corrected chi connectivity index (χ1v) is 5.62. The van der Waals surface area contributed by atoms with Gasteiger partial charge in [-0.3, -0.25) is 4.21 Å². The van der Waals surface area contributed by atoms with Crippen LogP contribution in [0.4, 0.5) is 0 Å². The van der Waals surface area contributed by atoms with Gasteiger partial charge in [0.1, 0.15) is 0 Å².